The number of hydrazone groups is 1. The number of nitrogens with one attached hydrogen (secondary N) is 1. The van der Waals surface area contributed by atoms with Crippen molar-refractivity contribution in [3.05, 3.63) is 94.1 Å². The smallest absolute Gasteiger partial charge is 0.283 e. The number of aliphatic imine (C=N–C) groups is 1. The molecule has 0 aliphatic carbocycles. The van der Waals surface area contributed by atoms with Gasteiger partial charge in [0.1, 0.15) is 10.9 Å². The Balaban J connectivity index is 1.53. The van der Waals surface area contributed by atoms with Gasteiger partial charge in [-0.3, -0.25) is 10.2 Å². The van der Waals surface area contributed by atoms with E-state index in [2.05, 4.69) is 10.1 Å². The maximum Gasteiger partial charge on any atom is 0.283 e. The average Bonchev–Trinajstić information content (AvgIpc) is 3.32. The normalized spacial score (nSPS) is 16.8. The van der Waals surface area contributed by atoms with Gasteiger partial charge in [-0.25, -0.2) is 4.39 Å². The molecule has 0 bridgehead atoms. The lowest BCUT2D eigenvalue weighted by Crippen LogP contribution is -2.35. The highest BCUT2D eigenvalue weighted by atomic mass is 32.2. The molecule has 0 atom stereocenters. The standard InChI is InChI=1S/C25H20FN5OS/c1-14-7-4-5-10-20(14)24-29-31-22(27)21(23(32)28-25(31)33-24)12-17-11-15(2)30(16(17)3)19-9-6-8-18(26)13-19/h4-13,27H,1-3H3. The van der Waals surface area contributed by atoms with Gasteiger partial charge < -0.3 is 4.57 Å². The van der Waals surface area contributed by atoms with E-state index in [4.69, 9.17) is 5.41 Å². The molecule has 0 unspecified atom stereocenters. The van der Waals surface area contributed by atoms with E-state index in [0.717, 1.165) is 28.1 Å². The van der Waals surface area contributed by atoms with Crippen LogP contribution >= 0.6 is 11.8 Å². The Labute approximate surface area is 194 Å². The van der Waals surface area contributed by atoms with Gasteiger partial charge >= 0.3 is 0 Å². The van der Waals surface area contributed by atoms with Crippen LogP contribution in [0.1, 0.15) is 28.1 Å². The number of amidine groups is 2. The first-order chi connectivity index (χ1) is 15.8. The molecule has 0 saturated heterocycles. The van der Waals surface area contributed by atoms with E-state index < -0.39 is 5.91 Å². The van der Waals surface area contributed by atoms with Crippen LogP contribution in [0.25, 0.3) is 11.8 Å². The van der Waals surface area contributed by atoms with Crippen molar-refractivity contribution in [2.24, 2.45) is 10.1 Å². The molecular formula is C25H20FN5OS. The number of hydrogen-bond donors (Lipinski definition) is 1. The second-order valence-electron chi connectivity index (χ2n) is 7.88. The number of aromatic nitrogens is 1. The van der Waals surface area contributed by atoms with Crippen LogP contribution in [0.2, 0.25) is 0 Å². The van der Waals surface area contributed by atoms with E-state index in [9.17, 15) is 9.18 Å². The SMILES string of the molecule is Cc1ccccc1C1=NN2C(=N)C(=Cc3cc(C)n(-c4cccc(F)c4)c3C)C(=O)N=C2S1. The van der Waals surface area contributed by atoms with Crippen molar-refractivity contribution >= 4 is 39.8 Å². The minimum atomic E-state index is -0.476. The largest absolute Gasteiger partial charge is 0.318 e. The number of hydrogen-bond acceptors (Lipinski definition) is 4. The monoisotopic (exact) mass is 457 g/mol. The molecule has 1 N–H and O–H groups in total. The average molecular weight is 458 g/mol. The van der Waals surface area contributed by atoms with Crippen LogP contribution in [0.5, 0.6) is 0 Å². The maximum atomic E-state index is 13.8. The Kier molecular flexibility index (Phi) is 5.09. The molecule has 2 aliphatic heterocycles. The number of benzene rings is 2. The number of nitrogens with zero attached hydrogens (tertiary/aromatic N) is 4. The first kappa shape index (κ1) is 21.1. The molecule has 8 heteroatoms. The molecule has 2 aromatic carbocycles. The van der Waals surface area contributed by atoms with Crippen molar-refractivity contribution in [1.29, 1.82) is 5.41 Å². The predicted octanol–water partition coefficient (Wildman–Crippen LogP) is 5.21. The van der Waals surface area contributed by atoms with Crippen molar-refractivity contribution in [2.45, 2.75) is 20.8 Å². The van der Waals surface area contributed by atoms with Crippen LogP contribution in [0.3, 0.4) is 0 Å². The minimum absolute atomic E-state index is 0.0170. The third kappa shape index (κ3) is 3.62. The van der Waals surface area contributed by atoms with E-state index >= 15 is 0 Å². The van der Waals surface area contributed by atoms with E-state index in [1.165, 1.54) is 28.9 Å². The Hall–Kier alpha value is -3.78. The quantitative estimate of drug-likeness (QED) is 0.549. The first-order valence-corrected chi connectivity index (χ1v) is 11.2. The number of fused-ring (bicyclic) bond motifs is 1. The molecule has 3 heterocycles. The number of halogens is 1. The van der Waals surface area contributed by atoms with Gasteiger partial charge in [0.2, 0.25) is 5.17 Å². The van der Waals surface area contributed by atoms with Crippen LogP contribution < -0.4 is 0 Å². The molecule has 164 valence electrons. The topological polar surface area (TPSA) is 73.8 Å². The van der Waals surface area contributed by atoms with Crippen LogP contribution in [-0.2, 0) is 4.79 Å². The van der Waals surface area contributed by atoms with E-state index in [-0.39, 0.29) is 17.2 Å². The second kappa shape index (κ2) is 7.97. The lowest BCUT2D eigenvalue weighted by atomic mass is 10.1. The number of thioether (sulfide) groups is 1. The highest BCUT2D eigenvalue weighted by Gasteiger charge is 2.36. The molecule has 0 fully saturated rings. The van der Waals surface area contributed by atoms with Crippen molar-refractivity contribution in [1.82, 2.24) is 9.58 Å². The van der Waals surface area contributed by atoms with Crippen LogP contribution in [0.15, 0.2) is 70.3 Å². The zero-order valence-electron chi connectivity index (χ0n) is 18.3. The van der Waals surface area contributed by atoms with Gasteiger partial charge in [0.25, 0.3) is 5.91 Å². The summed E-state index contributed by atoms with van der Waals surface area (Å²) in [4.78, 5) is 17.0. The van der Waals surface area contributed by atoms with E-state index in [1.54, 1.807) is 12.1 Å². The third-order valence-corrected chi connectivity index (χ3v) is 6.61. The Bertz CT molecular complexity index is 1430. The van der Waals surface area contributed by atoms with Crippen molar-refractivity contribution in [3.8, 4) is 5.69 Å². The summed E-state index contributed by atoms with van der Waals surface area (Å²) in [5.41, 5.74) is 5.35. The zero-order chi connectivity index (χ0) is 23.3. The molecule has 0 spiro atoms. The van der Waals surface area contributed by atoms with Gasteiger partial charge in [-0.1, -0.05) is 30.3 Å². The highest BCUT2D eigenvalue weighted by Crippen LogP contribution is 2.32. The summed E-state index contributed by atoms with van der Waals surface area (Å²) >= 11 is 1.28. The van der Waals surface area contributed by atoms with Crippen LogP contribution in [-0.4, -0.2) is 31.5 Å². The van der Waals surface area contributed by atoms with Crippen molar-refractivity contribution < 1.29 is 9.18 Å². The number of amides is 1. The van der Waals surface area contributed by atoms with Crippen LogP contribution in [0, 0.1) is 32.0 Å². The predicted molar refractivity (Wildman–Crippen MR) is 130 cm³/mol. The second-order valence-corrected chi connectivity index (χ2v) is 8.84. The number of carbonyl (C=O) groups is 1. The van der Waals surface area contributed by atoms with E-state index in [1.807, 2.05) is 61.7 Å². The minimum Gasteiger partial charge on any atom is -0.318 e. The Morgan fingerprint density at radius 1 is 1.06 bits per heavy atom. The fourth-order valence-corrected chi connectivity index (χ4v) is 5.00. The molecule has 33 heavy (non-hydrogen) atoms. The summed E-state index contributed by atoms with van der Waals surface area (Å²) in [6.07, 6.45) is 1.66. The van der Waals surface area contributed by atoms with Gasteiger partial charge in [-0.05, 0) is 74.0 Å². The molecule has 3 aromatic rings. The zero-order valence-corrected chi connectivity index (χ0v) is 19.1. The summed E-state index contributed by atoms with van der Waals surface area (Å²) in [6, 6.07) is 16.1. The number of rotatable bonds is 3. The van der Waals surface area contributed by atoms with Crippen LogP contribution in [0.4, 0.5) is 4.39 Å². The lowest BCUT2D eigenvalue weighted by molar-refractivity contribution is -0.114. The molecule has 1 aromatic heterocycles. The maximum absolute atomic E-state index is 13.8. The molecule has 5 rings (SSSR count). The van der Waals surface area contributed by atoms with Gasteiger partial charge in [0, 0.05) is 22.6 Å². The Morgan fingerprint density at radius 2 is 1.85 bits per heavy atom. The number of carbonyl (C=O) groups excluding carboxylic acids is 1. The van der Waals surface area contributed by atoms with Crippen molar-refractivity contribution in [3.63, 3.8) is 0 Å². The summed E-state index contributed by atoms with van der Waals surface area (Å²) in [7, 11) is 0. The fourth-order valence-electron chi connectivity index (χ4n) is 4.02. The number of aryl methyl sites for hydroxylation is 2. The Morgan fingerprint density at radius 3 is 2.61 bits per heavy atom. The van der Waals surface area contributed by atoms with Gasteiger partial charge in [-0.2, -0.15) is 15.1 Å². The summed E-state index contributed by atoms with van der Waals surface area (Å²) in [5, 5.41) is 15.7. The van der Waals surface area contributed by atoms with Gasteiger partial charge in [0.05, 0.1) is 5.57 Å². The molecule has 2 aliphatic rings. The molecule has 0 radical (unpaired) electrons. The van der Waals surface area contributed by atoms with Gasteiger partial charge in [-0.15, -0.1) is 0 Å². The summed E-state index contributed by atoms with van der Waals surface area (Å²) in [5.74, 6) is -0.813. The van der Waals surface area contributed by atoms with Gasteiger partial charge in [0.15, 0.2) is 5.84 Å². The lowest BCUT2D eigenvalue weighted by Gasteiger charge is -2.20. The first-order valence-electron chi connectivity index (χ1n) is 10.3. The third-order valence-electron chi connectivity index (χ3n) is 5.67. The summed E-state index contributed by atoms with van der Waals surface area (Å²) < 4.78 is 15.7. The fraction of sp³-hybridized carbons (Fsp3) is 0.120. The molecular weight excluding hydrogens is 437 g/mol. The van der Waals surface area contributed by atoms with E-state index in [0.29, 0.717) is 15.9 Å². The summed E-state index contributed by atoms with van der Waals surface area (Å²) in [6.45, 7) is 5.81. The van der Waals surface area contributed by atoms with Crippen molar-refractivity contribution in [2.75, 3.05) is 0 Å². The molecule has 1 amide bonds. The molecule has 6 nitrogen and oxygen atoms in total. The molecule has 0 saturated carbocycles. The highest BCUT2D eigenvalue weighted by molar-refractivity contribution is 8.27.